The number of hydrogen-bond acceptors (Lipinski definition) is 3. The van der Waals surface area contributed by atoms with Crippen LogP contribution in [-0.4, -0.2) is 29.8 Å². The van der Waals surface area contributed by atoms with Crippen molar-refractivity contribution in [3.63, 3.8) is 0 Å². The van der Waals surface area contributed by atoms with Crippen molar-refractivity contribution in [1.29, 1.82) is 0 Å². The second-order valence-corrected chi connectivity index (χ2v) is 6.41. The fourth-order valence-electron chi connectivity index (χ4n) is 3.12. The third kappa shape index (κ3) is 4.27. The first kappa shape index (κ1) is 17.2. The van der Waals surface area contributed by atoms with Crippen LogP contribution in [-0.2, 0) is 11.2 Å². The summed E-state index contributed by atoms with van der Waals surface area (Å²) in [5.41, 5.74) is 3.24. The van der Waals surface area contributed by atoms with Gasteiger partial charge in [0.15, 0.2) is 0 Å². The van der Waals surface area contributed by atoms with E-state index in [1.165, 1.54) is 5.56 Å². The average Bonchev–Trinajstić information content (AvgIpc) is 3.04. The van der Waals surface area contributed by atoms with Crippen molar-refractivity contribution in [2.45, 2.75) is 38.6 Å². The number of carbonyl (C=O) groups is 1. The molecule has 1 atom stereocenters. The van der Waals surface area contributed by atoms with Gasteiger partial charge in [-0.2, -0.15) is 5.10 Å². The van der Waals surface area contributed by atoms with Gasteiger partial charge in [0.05, 0.1) is 18.9 Å². The predicted molar refractivity (Wildman–Crippen MR) is 99.8 cm³/mol. The minimum atomic E-state index is 0.0985. The highest BCUT2D eigenvalue weighted by molar-refractivity contribution is 6.03. The van der Waals surface area contributed by atoms with Crippen LogP contribution in [0.1, 0.15) is 37.3 Å². The monoisotopic (exact) mass is 336 g/mol. The van der Waals surface area contributed by atoms with Gasteiger partial charge in [-0.05, 0) is 37.5 Å². The van der Waals surface area contributed by atoms with E-state index in [4.69, 9.17) is 4.74 Å². The Bertz CT molecular complexity index is 756. The zero-order valence-corrected chi connectivity index (χ0v) is 14.8. The molecule has 1 aliphatic rings. The third-order valence-electron chi connectivity index (χ3n) is 4.49. The van der Waals surface area contributed by atoms with E-state index in [0.29, 0.717) is 6.42 Å². The SMILES string of the molecule is COc1cccc(C2=NN(C(=O)CCCc3ccccc3)C(C)C2)c1. The van der Waals surface area contributed by atoms with E-state index in [1.807, 2.05) is 49.4 Å². The Hall–Kier alpha value is -2.62. The summed E-state index contributed by atoms with van der Waals surface area (Å²) in [5, 5.41) is 6.24. The van der Waals surface area contributed by atoms with E-state index in [1.54, 1.807) is 12.1 Å². The first-order valence-electron chi connectivity index (χ1n) is 8.75. The van der Waals surface area contributed by atoms with Crippen molar-refractivity contribution in [3.8, 4) is 5.75 Å². The van der Waals surface area contributed by atoms with Gasteiger partial charge in [0.25, 0.3) is 0 Å². The van der Waals surface area contributed by atoms with Crippen molar-refractivity contribution in [1.82, 2.24) is 5.01 Å². The van der Waals surface area contributed by atoms with Gasteiger partial charge < -0.3 is 4.74 Å². The summed E-state index contributed by atoms with van der Waals surface area (Å²) < 4.78 is 5.28. The number of benzene rings is 2. The summed E-state index contributed by atoms with van der Waals surface area (Å²) in [5.74, 6) is 0.904. The van der Waals surface area contributed by atoms with Gasteiger partial charge in [-0.1, -0.05) is 42.5 Å². The first-order valence-corrected chi connectivity index (χ1v) is 8.75. The summed E-state index contributed by atoms with van der Waals surface area (Å²) in [6, 6.07) is 18.2. The number of aryl methyl sites for hydroxylation is 1. The minimum absolute atomic E-state index is 0.0985. The number of nitrogens with zero attached hydrogens (tertiary/aromatic N) is 2. The van der Waals surface area contributed by atoms with Crippen LogP contribution in [0.4, 0.5) is 0 Å². The summed E-state index contributed by atoms with van der Waals surface area (Å²) in [6.45, 7) is 2.05. The van der Waals surface area contributed by atoms with Crippen LogP contribution in [0.5, 0.6) is 5.75 Å². The number of ether oxygens (including phenoxy) is 1. The maximum Gasteiger partial charge on any atom is 0.242 e. The summed E-state index contributed by atoms with van der Waals surface area (Å²) >= 11 is 0. The Labute approximate surface area is 149 Å². The molecule has 25 heavy (non-hydrogen) atoms. The maximum atomic E-state index is 12.5. The van der Waals surface area contributed by atoms with Crippen molar-refractivity contribution < 1.29 is 9.53 Å². The number of amides is 1. The topological polar surface area (TPSA) is 41.9 Å². The Morgan fingerprint density at radius 1 is 1.20 bits per heavy atom. The molecule has 0 radical (unpaired) electrons. The average molecular weight is 336 g/mol. The normalized spacial score (nSPS) is 16.6. The second-order valence-electron chi connectivity index (χ2n) is 6.41. The lowest BCUT2D eigenvalue weighted by Gasteiger charge is -2.17. The molecule has 1 amide bonds. The zero-order chi connectivity index (χ0) is 17.6. The van der Waals surface area contributed by atoms with Crippen molar-refractivity contribution in [2.75, 3.05) is 7.11 Å². The molecule has 2 aromatic rings. The van der Waals surface area contributed by atoms with Gasteiger partial charge in [-0.25, -0.2) is 5.01 Å². The standard InChI is InChI=1S/C21H24N2O2/c1-16-14-20(18-11-7-12-19(15-18)25-2)22-23(16)21(24)13-6-10-17-8-4-3-5-9-17/h3-5,7-9,11-12,15-16H,6,10,13-14H2,1-2H3. The predicted octanol–water partition coefficient (Wildman–Crippen LogP) is 4.04. The Morgan fingerprint density at radius 2 is 2.00 bits per heavy atom. The van der Waals surface area contributed by atoms with Crippen LogP contribution in [0, 0.1) is 0 Å². The lowest BCUT2D eigenvalue weighted by atomic mass is 10.0. The third-order valence-corrected chi connectivity index (χ3v) is 4.49. The van der Waals surface area contributed by atoms with Gasteiger partial charge in [0.2, 0.25) is 5.91 Å². The molecule has 4 heteroatoms. The molecule has 0 N–H and O–H groups in total. The van der Waals surface area contributed by atoms with Crippen LogP contribution in [0.3, 0.4) is 0 Å². The summed E-state index contributed by atoms with van der Waals surface area (Å²) in [7, 11) is 1.65. The number of hydrogen-bond donors (Lipinski definition) is 0. The van der Waals surface area contributed by atoms with Crippen LogP contribution in [0.25, 0.3) is 0 Å². The van der Waals surface area contributed by atoms with Gasteiger partial charge in [0, 0.05) is 18.4 Å². The molecule has 0 saturated carbocycles. The lowest BCUT2D eigenvalue weighted by molar-refractivity contribution is -0.132. The van der Waals surface area contributed by atoms with Crippen LogP contribution >= 0.6 is 0 Å². The molecule has 0 aliphatic carbocycles. The van der Waals surface area contributed by atoms with Crippen LogP contribution in [0.15, 0.2) is 59.7 Å². The Morgan fingerprint density at radius 3 is 2.76 bits per heavy atom. The van der Waals surface area contributed by atoms with Gasteiger partial charge >= 0.3 is 0 Å². The van der Waals surface area contributed by atoms with Crippen LogP contribution < -0.4 is 4.74 Å². The molecule has 130 valence electrons. The molecular formula is C21H24N2O2. The van der Waals surface area contributed by atoms with E-state index in [9.17, 15) is 4.79 Å². The van der Waals surface area contributed by atoms with Crippen molar-refractivity contribution in [2.24, 2.45) is 5.10 Å². The van der Waals surface area contributed by atoms with Crippen LogP contribution in [0.2, 0.25) is 0 Å². The summed E-state index contributed by atoms with van der Waals surface area (Å²) in [4.78, 5) is 12.5. The maximum absolute atomic E-state index is 12.5. The molecule has 2 aromatic carbocycles. The van der Waals surface area contributed by atoms with Gasteiger partial charge in [-0.15, -0.1) is 0 Å². The quantitative estimate of drug-likeness (QED) is 0.799. The van der Waals surface area contributed by atoms with E-state index >= 15 is 0 Å². The van der Waals surface area contributed by atoms with Crippen molar-refractivity contribution in [3.05, 3.63) is 65.7 Å². The van der Waals surface area contributed by atoms with Gasteiger partial charge in [-0.3, -0.25) is 4.79 Å². The highest BCUT2D eigenvalue weighted by Gasteiger charge is 2.28. The molecule has 1 heterocycles. The molecule has 0 aromatic heterocycles. The van der Waals surface area contributed by atoms with E-state index in [2.05, 4.69) is 17.2 Å². The fourth-order valence-corrected chi connectivity index (χ4v) is 3.12. The van der Waals surface area contributed by atoms with Gasteiger partial charge in [0.1, 0.15) is 5.75 Å². The molecule has 1 unspecified atom stereocenters. The molecule has 0 saturated heterocycles. The number of rotatable bonds is 6. The molecule has 1 aliphatic heterocycles. The van der Waals surface area contributed by atoms with Crippen molar-refractivity contribution >= 4 is 11.6 Å². The highest BCUT2D eigenvalue weighted by Crippen LogP contribution is 2.23. The zero-order valence-electron chi connectivity index (χ0n) is 14.8. The lowest BCUT2D eigenvalue weighted by Crippen LogP contribution is -2.30. The second kappa shape index (κ2) is 7.97. The molecule has 0 bridgehead atoms. The Kier molecular flexibility index (Phi) is 5.49. The smallest absolute Gasteiger partial charge is 0.242 e. The molecular weight excluding hydrogens is 312 g/mol. The largest absolute Gasteiger partial charge is 0.497 e. The Balaban J connectivity index is 1.61. The van der Waals surface area contributed by atoms with E-state index in [-0.39, 0.29) is 11.9 Å². The summed E-state index contributed by atoms with van der Waals surface area (Å²) in [6.07, 6.45) is 3.06. The number of methoxy groups -OCH3 is 1. The molecule has 0 fully saturated rings. The molecule has 4 nitrogen and oxygen atoms in total. The van der Waals surface area contributed by atoms with E-state index in [0.717, 1.165) is 36.3 Å². The highest BCUT2D eigenvalue weighted by atomic mass is 16.5. The fraction of sp³-hybridized carbons (Fsp3) is 0.333. The first-order chi connectivity index (χ1) is 12.2. The minimum Gasteiger partial charge on any atom is -0.497 e. The molecule has 3 rings (SSSR count). The number of hydrazone groups is 1. The number of carbonyl (C=O) groups excluding carboxylic acids is 1. The molecule has 0 spiro atoms. The van der Waals surface area contributed by atoms with E-state index < -0.39 is 0 Å².